The van der Waals surface area contributed by atoms with Gasteiger partial charge in [-0.25, -0.2) is 9.78 Å². The molecule has 0 spiro atoms. The monoisotopic (exact) mass is 355 g/mol. The molecule has 0 saturated carbocycles. The van der Waals surface area contributed by atoms with Crippen LogP contribution in [-0.2, 0) is 20.8 Å². The average Bonchev–Trinajstić information content (AvgIpc) is 2.87. The van der Waals surface area contributed by atoms with Crippen molar-refractivity contribution in [2.45, 2.75) is 31.3 Å². The van der Waals surface area contributed by atoms with Gasteiger partial charge in [0.1, 0.15) is 16.7 Å². The van der Waals surface area contributed by atoms with E-state index < -0.39 is 24.0 Å². The van der Waals surface area contributed by atoms with Gasteiger partial charge in [-0.2, -0.15) is 0 Å². The minimum absolute atomic E-state index is 0.107. The molecule has 0 aliphatic carbocycles. The molecule has 1 aromatic rings. The summed E-state index contributed by atoms with van der Waals surface area (Å²) in [6.07, 6.45) is 2.35. The number of hydrogen-bond donors (Lipinski definition) is 3. The fraction of sp³-hybridized carbons (Fsp3) is 0.385. The number of nitrogens with one attached hydrogen (secondary N) is 2. The molecule has 0 aromatic carbocycles. The first-order valence-corrected chi connectivity index (χ1v) is 7.18. The van der Waals surface area contributed by atoms with Crippen LogP contribution >= 0.6 is 15.9 Å². The van der Waals surface area contributed by atoms with E-state index in [4.69, 9.17) is 0 Å². The van der Waals surface area contributed by atoms with Gasteiger partial charge in [0.05, 0.1) is 0 Å². The second kappa shape index (κ2) is 6.66. The van der Waals surface area contributed by atoms with E-state index >= 15 is 0 Å². The van der Waals surface area contributed by atoms with Crippen LogP contribution in [0.25, 0.3) is 0 Å². The topological polar surface area (TPSA) is 108 Å². The van der Waals surface area contributed by atoms with Crippen LogP contribution in [0.3, 0.4) is 0 Å². The Balaban J connectivity index is 2.03. The summed E-state index contributed by atoms with van der Waals surface area (Å²) in [5.74, 6) is -1.81. The van der Waals surface area contributed by atoms with E-state index in [2.05, 4.69) is 31.5 Å². The van der Waals surface area contributed by atoms with Crippen molar-refractivity contribution in [1.29, 1.82) is 0 Å². The van der Waals surface area contributed by atoms with Gasteiger partial charge in [0.25, 0.3) is 0 Å². The number of pyridine rings is 1. The number of aromatic nitrogens is 1. The standard InChI is InChI=1S/C13H14BrN3O4/c14-11-7(2-1-5-15-11)6-9(13(20)21)17-12(19)8-3-4-10(18)16-8/h1-2,5,8-9H,3-4,6H2,(H,16,18)(H,17,19)(H,20,21)/t8-,9-/m1/s1. The van der Waals surface area contributed by atoms with Crippen molar-refractivity contribution in [1.82, 2.24) is 15.6 Å². The zero-order valence-electron chi connectivity index (χ0n) is 11.0. The normalized spacial score (nSPS) is 18.9. The quantitative estimate of drug-likeness (QED) is 0.655. The number of carboxylic acids is 1. The number of aliphatic carboxylic acids is 1. The number of hydrogen-bond acceptors (Lipinski definition) is 4. The largest absolute Gasteiger partial charge is 0.480 e. The van der Waals surface area contributed by atoms with Gasteiger partial charge in [0.15, 0.2) is 0 Å². The maximum atomic E-state index is 12.0. The predicted octanol–water partition coefficient (Wildman–Crippen LogP) is 0.235. The van der Waals surface area contributed by atoms with E-state index in [1.165, 1.54) is 0 Å². The molecule has 112 valence electrons. The SMILES string of the molecule is O=C1CC[C@H](C(=O)N[C@H](Cc2cccnc2Br)C(=O)O)N1. The number of amides is 2. The van der Waals surface area contributed by atoms with Crippen LogP contribution < -0.4 is 10.6 Å². The van der Waals surface area contributed by atoms with Crippen LogP contribution in [-0.4, -0.2) is 40.0 Å². The van der Waals surface area contributed by atoms with Gasteiger partial charge in [0, 0.05) is 19.0 Å². The lowest BCUT2D eigenvalue weighted by atomic mass is 10.1. The molecule has 21 heavy (non-hydrogen) atoms. The minimum Gasteiger partial charge on any atom is -0.480 e. The summed E-state index contributed by atoms with van der Waals surface area (Å²) in [5.41, 5.74) is 0.681. The van der Waals surface area contributed by atoms with Crippen LogP contribution in [0.5, 0.6) is 0 Å². The molecule has 0 radical (unpaired) electrons. The average molecular weight is 356 g/mol. The maximum absolute atomic E-state index is 12.0. The highest BCUT2D eigenvalue weighted by atomic mass is 79.9. The van der Waals surface area contributed by atoms with Crippen molar-refractivity contribution in [3.8, 4) is 0 Å². The second-order valence-corrected chi connectivity index (χ2v) is 5.47. The molecule has 7 nitrogen and oxygen atoms in total. The number of carbonyl (C=O) groups excluding carboxylic acids is 2. The van der Waals surface area contributed by atoms with Crippen molar-refractivity contribution < 1.29 is 19.5 Å². The Morgan fingerprint density at radius 2 is 2.33 bits per heavy atom. The highest BCUT2D eigenvalue weighted by Crippen LogP contribution is 2.15. The minimum atomic E-state index is -1.14. The van der Waals surface area contributed by atoms with Gasteiger partial charge >= 0.3 is 5.97 Å². The van der Waals surface area contributed by atoms with Gasteiger partial charge in [-0.15, -0.1) is 0 Å². The summed E-state index contributed by atoms with van der Waals surface area (Å²) in [5, 5.41) is 14.2. The zero-order chi connectivity index (χ0) is 15.4. The van der Waals surface area contributed by atoms with Crippen molar-refractivity contribution in [3.05, 3.63) is 28.5 Å². The molecule has 0 unspecified atom stereocenters. The molecule has 1 aliphatic heterocycles. The van der Waals surface area contributed by atoms with Crippen LogP contribution in [0.4, 0.5) is 0 Å². The van der Waals surface area contributed by atoms with Crippen LogP contribution in [0, 0.1) is 0 Å². The first kappa shape index (κ1) is 15.4. The van der Waals surface area contributed by atoms with Gasteiger partial charge in [-0.1, -0.05) is 6.07 Å². The fourth-order valence-electron chi connectivity index (χ4n) is 2.07. The molecule has 1 aromatic heterocycles. The lowest BCUT2D eigenvalue weighted by Gasteiger charge is -2.17. The highest BCUT2D eigenvalue weighted by molar-refractivity contribution is 9.10. The molecule has 1 saturated heterocycles. The van der Waals surface area contributed by atoms with Crippen molar-refractivity contribution in [2.24, 2.45) is 0 Å². The number of halogens is 1. The molecule has 2 rings (SSSR count). The number of rotatable bonds is 5. The second-order valence-electron chi connectivity index (χ2n) is 4.72. The fourth-order valence-corrected chi connectivity index (χ4v) is 2.49. The molecular weight excluding hydrogens is 342 g/mol. The summed E-state index contributed by atoms with van der Waals surface area (Å²) < 4.78 is 0.541. The first-order chi connectivity index (χ1) is 9.97. The van der Waals surface area contributed by atoms with Gasteiger partial charge in [-0.3, -0.25) is 9.59 Å². The zero-order valence-corrected chi connectivity index (χ0v) is 12.6. The van der Waals surface area contributed by atoms with Gasteiger partial charge in [0.2, 0.25) is 11.8 Å². The molecular formula is C13H14BrN3O4. The molecule has 2 heterocycles. The smallest absolute Gasteiger partial charge is 0.326 e. The molecule has 3 N–H and O–H groups in total. The molecule has 8 heteroatoms. The molecule has 1 fully saturated rings. The third-order valence-corrected chi connectivity index (χ3v) is 3.90. The summed E-state index contributed by atoms with van der Waals surface area (Å²) in [6, 6.07) is 1.70. The Morgan fingerprint density at radius 3 is 2.90 bits per heavy atom. The number of carboxylic acid groups (broad SMARTS) is 1. The Labute approximate surface area is 129 Å². The Hall–Kier alpha value is -1.96. The van der Waals surface area contributed by atoms with Crippen molar-refractivity contribution >= 4 is 33.7 Å². The Kier molecular flexibility index (Phi) is 4.89. The lowest BCUT2D eigenvalue weighted by Crippen LogP contribution is -2.49. The third kappa shape index (κ3) is 4.01. The Bertz CT molecular complexity index is 578. The van der Waals surface area contributed by atoms with Gasteiger partial charge in [-0.05, 0) is 34.0 Å². The van der Waals surface area contributed by atoms with Crippen molar-refractivity contribution in [2.75, 3.05) is 0 Å². The summed E-state index contributed by atoms with van der Waals surface area (Å²) in [6.45, 7) is 0. The van der Waals surface area contributed by atoms with Gasteiger partial charge < -0.3 is 15.7 Å². The lowest BCUT2D eigenvalue weighted by molar-refractivity contribution is -0.142. The molecule has 2 atom stereocenters. The van der Waals surface area contributed by atoms with Crippen LogP contribution in [0.15, 0.2) is 22.9 Å². The van der Waals surface area contributed by atoms with E-state index in [1.807, 2.05) is 0 Å². The summed E-state index contributed by atoms with van der Waals surface area (Å²) in [4.78, 5) is 38.4. The van der Waals surface area contributed by atoms with E-state index in [-0.39, 0.29) is 18.7 Å². The number of nitrogens with zero attached hydrogens (tertiary/aromatic N) is 1. The molecule has 1 aliphatic rings. The summed E-state index contributed by atoms with van der Waals surface area (Å²) >= 11 is 3.24. The van der Waals surface area contributed by atoms with Crippen LogP contribution in [0.1, 0.15) is 18.4 Å². The molecule has 2 amide bonds. The van der Waals surface area contributed by atoms with Crippen LogP contribution in [0.2, 0.25) is 0 Å². The third-order valence-electron chi connectivity index (χ3n) is 3.19. The maximum Gasteiger partial charge on any atom is 0.326 e. The van der Waals surface area contributed by atoms with E-state index in [0.717, 1.165) is 0 Å². The van der Waals surface area contributed by atoms with E-state index in [0.29, 0.717) is 16.6 Å². The van der Waals surface area contributed by atoms with Crippen molar-refractivity contribution in [3.63, 3.8) is 0 Å². The highest BCUT2D eigenvalue weighted by Gasteiger charge is 2.30. The Morgan fingerprint density at radius 1 is 1.57 bits per heavy atom. The van der Waals surface area contributed by atoms with E-state index in [1.54, 1.807) is 18.3 Å². The predicted molar refractivity (Wildman–Crippen MR) is 76.4 cm³/mol. The molecule has 0 bridgehead atoms. The van der Waals surface area contributed by atoms with E-state index in [9.17, 15) is 19.5 Å². The first-order valence-electron chi connectivity index (χ1n) is 6.39. The summed E-state index contributed by atoms with van der Waals surface area (Å²) in [7, 11) is 0. The number of carbonyl (C=O) groups is 3.